The van der Waals surface area contributed by atoms with Gasteiger partial charge < -0.3 is 49.3 Å². The van der Waals surface area contributed by atoms with Gasteiger partial charge >= 0.3 is 152 Å². The first-order chi connectivity index (χ1) is 32.8. The molecule has 8 aromatic rings. The Balaban J connectivity index is 0.00000329. The number of rotatable bonds is 13. The topological polar surface area (TPSA) is 395 Å². The number of hydrogen-bond acceptors (Lipinski definition) is 22. The van der Waals surface area contributed by atoms with Crippen molar-refractivity contribution in [2.45, 2.75) is 19.6 Å². The summed E-state index contributed by atoms with van der Waals surface area (Å²) in [5.41, 5.74) is -1.83. The van der Waals surface area contributed by atoms with Gasteiger partial charge in [-0.1, -0.05) is 71.5 Å². The number of anilines is 4. The molecule has 0 saturated heterocycles. The van der Waals surface area contributed by atoms with Gasteiger partial charge in [-0.05, 0) is 118 Å². The average Bonchev–Trinajstić information content (AvgIpc) is 3.28. The van der Waals surface area contributed by atoms with Crippen molar-refractivity contribution in [2.24, 2.45) is 20.5 Å². The zero-order chi connectivity index (χ0) is 50.5. The van der Waals surface area contributed by atoms with E-state index >= 15 is 0 Å². The normalized spacial score (nSPS) is 11.6. The first-order valence-electron chi connectivity index (χ1n) is 19.4. The number of hydrogen-bond donors (Lipinski definition) is 2. The summed E-state index contributed by atoms with van der Waals surface area (Å²) in [6.07, 6.45) is 0. The molecule has 0 amide bonds. The summed E-state index contributed by atoms with van der Waals surface area (Å²) in [6, 6.07) is 26.2. The van der Waals surface area contributed by atoms with Crippen molar-refractivity contribution in [1.29, 1.82) is 0 Å². The Hall–Kier alpha value is -3.04. The third kappa shape index (κ3) is 16.1. The third-order valence-electron chi connectivity index (χ3n) is 10.2. The Labute approximate surface area is 543 Å². The fourth-order valence-electron chi connectivity index (χ4n) is 6.93. The van der Waals surface area contributed by atoms with Crippen molar-refractivity contribution in [3.8, 4) is 34.1 Å². The molecule has 0 spiro atoms. The fourth-order valence-corrected chi connectivity index (χ4v) is 9.25. The van der Waals surface area contributed by atoms with E-state index in [4.69, 9.17) is 0 Å². The van der Waals surface area contributed by atoms with E-state index in [1.165, 1.54) is 72.8 Å². The number of nitrogens with one attached hydrogen (secondary N) is 2. The number of azo groups is 2. The molecule has 0 aliphatic carbocycles. The number of nitrogens with zero attached hydrogens (tertiary/aromatic N) is 4. The zero-order valence-electron chi connectivity index (χ0n) is 39.3. The zero-order valence-corrected chi connectivity index (χ0v) is 52.4. The van der Waals surface area contributed by atoms with Gasteiger partial charge in [-0.3, -0.25) is 0 Å². The number of benzene rings is 8. The van der Waals surface area contributed by atoms with Crippen LogP contribution in [0, 0.1) is 0 Å². The van der Waals surface area contributed by atoms with Gasteiger partial charge in [0, 0.05) is 22.7 Å². The second kappa shape index (κ2) is 27.4. The van der Waals surface area contributed by atoms with E-state index in [1.807, 2.05) is 0 Å². The van der Waals surface area contributed by atoms with Gasteiger partial charge in [-0.25, -0.2) is 33.7 Å². The molecule has 0 saturated carbocycles. The van der Waals surface area contributed by atoms with E-state index in [-0.39, 0.29) is 208 Å². The minimum Gasteiger partial charge on any atom is -0.871 e. The van der Waals surface area contributed by atoms with Gasteiger partial charge in [0.05, 0.1) is 42.3 Å². The Kier molecular flexibility index (Phi) is 24.9. The molecule has 0 atom stereocenters. The van der Waals surface area contributed by atoms with Gasteiger partial charge in [0.25, 0.3) is 0 Å². The minimum absolute atomic E-state index is 0. The van der Waals surface area contributed by atoms with Crippen molar-refractivity contribution in [1.82, 2.24) is 0 Å². The Morgan fingerprint density at radius 1 is 0.368 bits per heavy atom. The van der Waals surface area contributed by atoms with E-state index in [0.29, 0.717) is 0 Å². The van der Waals surface area contributed by atoms with Crippen molar-refractivity contribution in [2.75, 3.05) is 10.6 Å². The predicted octanol–water partition coefficient (Wildman–Crippen LogP) is -6.10. The summed E-state index contributed by atoms with van der Waals surface area (Å²) in [7, 11) is -20.3. The van der Waals surface area contributed by atoms with Gasteiger partial charge in [-0.15, -0.1) is 10.2 Å². The molecule has 0 fully saturated rings. The van der Waals surface area contributed by atoms with Gasteiger partial charge in [0.1, 0.15) is 40.5 Å². The fraction of sp³-hybridized carbons (Fsp3) is 0. The Bertz CT molecular complexity index is 3800. The van der Waals surface area contributed by atoms with Crippen LogP contribution in [0.25, 0.3) is 32.7 Å². The van der Waals surface area contributed by atoms with Crippen LogP contribution >= 0.6 is 0 Å². The second-order valence-corrected chi connectivity index (χ2v) is 20.3. The first kappa shape index (κ1) is 69.1. The van der Waals surface area contributed by atoms with E-state index < -0.39 is 106 Å². The molecular weight excluding hydrogens is 1220 g/mol. The molecule has 0 bridgehead atoms. The summed E-state index contributed by atoms with van der Waals surface area (Å²) >= 11 is 0. The number of fused-ring (bicyclic) bond motifs is 2. The van der Waals surface area contributed by atoms with Crippen LogP contribution in [-0.4, -0.2) is 51.9 Å². The van der Waals surface area contributed by atoms with E-state index in [2.05, 4.69) is 31.1 Å². The standard InChI is InChI=1S/C44H32N6O16S4.2Cu.4Na/c51-37-15-23(9-13-35(37)47-49-41-39(69(61,62)63)17-25-7-11-29(21-33(25)43(41)53)45-27-3-1-5-31(19-27)67(55,56)57)24-10-14-36(38(52)16-24)48-50-42-40(70(64,65)66)18-26-8-12-30(22-34(26)44(42)54)46-28-4-2-6-32(20-28)68(58,59)60;;;;;;/h1-22,45-46,51-54H,(H,55,56,57)(H,58,59,60)(H,61,62,63)(H,64,65,66);;;;;;/q;2*+2;4*+1/p-8. The summed E-state index contributed by atoms with van der Waals surface area (Å²) in [6.45, 7) is 0. The molecule has 76 heavy (non-hydrogen) atoms. The quantitative estimate of drug-likeness (QED) is 0.0616. The smallest absolute Gasteiger partial charge is 0.871 e. The molecule has 0 aromatic heterocycles. The van der Waals surface area contributed by atoms with Gasteiger partial charge in [0.15, 0.2) is 0 Å². The van der Waals surface area contributed by atoms with Crippen LogP contribution in [0.1, 0.15) is 0 Å². The molecule has 2 N–H and O–H groups in total. The third-order valence-corrected chi connectivity index (χ3v) is 13.6. The van der Waals surface area contributed by atoms with Crippen molar-refractivity contribution in [3.63, 3.8) is 0 Å². The molecule has 0 unspecified atom stereocenters. The molecule has 8 rings (SSSR count). The largest absolute Gasteiger partial charge is 2.00 e. The summed E-state index contributed by atoms with van der Waals surface area (Å²) in [5.74, 6) is -3.86. The Morgan fingerprint density at radius 3 is 1.03 bits per heavy atom. The maximum atomic E-state index is 13.6. The van der Waals surface area contributed by atoms with Crippen LogP contribution in [0.5, 0.6) is 23.0 Å². The Morgan fingerprint density at radius 2 is 0.711 bits per heavy atom. The molecule has 376 valence electrons. The minimum atomic E-state index is -5.35. The molecule has 0 heterocycles. The molecule has 8 aromatic carbocycles. The molecule has 2 radical (unpaired) electrons. The van der Waals surface area contributed by atoms with Crippen LogP contribution < -0.4 is 149 Å². The van der Waals surface area contributed by atoms with Crippen LogP contribution in [0.15, 0.2) is 173 Å². The van der Waals surface area contributed by atoms with Crippen molar-refractivity contribution in [3.05, 3.63) is 133 Å². The van der Waals surface area contributed by atoms with Crippen LogP contribution in [0.2, 0.25) is 0 Å². The SMILES string of the molecule is O=S(=O)([O-])c1cccc(Nc2ccc3cc(S(=O)(=O)[O-])c(N=Nc4ccc(-c5ccc(N=Nc6c(S(=O)(=O)[O-])cc7ccc(Nc8cccc(S(=O)(=O)[O-])c8)cc7c6[O-])c([O-])c5)cc4[O-])c([O-])c3c2)c1.[Cu+2].[Cu+2].[Na+].[Na+].[Na+].[Na+]. The van der Waals surface area contributed by atoms with Crippen LogP contribution in [0.4, 0.5) is 45.5 Å². The summed E-state index contributed by atoms with van der Waals surface area (Å²) in [5, 5.41) is 73.8. The van der Waals surface area contributed by atoms with E-state index in [0.717, 1.165) is 60.7 Å². The van der Waals surface area contributed by atoms with E-state index in [9.17, 15) is 72.3 Å². The van der Waals surface area contributed by atoms with Gasteiger partial charge in [-0.2, -0.15) is 10.2 Å². The van der Waals surface area contributed by atoms with Crippen LogP contribution in [0.3, 0.4) is 0 Å². The van der Waals surface area contributed by atoms with Gasteiger partial charge in [0.2, 0.25) is 0 Å². The monoisotopic (exact) mass is 1240 g/mol. The first-order valence-corrected chi connectivity index (χ1v) is 25.1. The van der Waals surface area contributed by atoms with E-state index in [1.54, 1.807) is 0 Å². The molecule has 0 aliphatic rings. The second-order valence-electron chi connectivity index (χ2n) is 14.9. The van der Waals surface area contributed by atoms with Crippen LogP contribution in [-0.2, 0) is 74.6 Å². The van der Waals surface area contributed by atoms with Crippen molar-refractivity contribution < 1.29 is 225 Å². The molecule has 0 aliphatic heterocycles. The molecule has 32 heteroatoms. The van der Waals surface area contributed by atoms with Crippen molar-refractivity contribution >= 4 is 108 Å². The molecular formula is C44H24Cu2N6Na4O16S4. The maximum Gasteiger partial charge on any atom is 2.00 e. The maximum absolute atomic E-state index is 13.6. The molecule has 22 nitrogen and oxygen atoms in total. The summed E-state index contributed by atoms with van der Waals surface area (Å²) in [4.78, 5) is -3.16. The summed E-state index contributed by atoms with van der Waals surface area (Å²) < 4.78 is 142. The average molecular weight is 1240 g/mol. The predicted molar refractivity (Wildman–Crippen MR) is 237 cm³/mol.